The third-order valence-electron chi connectivity index (χ3n) is 3.14. The fourth-order valence-electron chi connectivity index (χ4n) is 1.87. The van der Waals surface area contributed by atoms with Gasteiger partial charge in [-0.3, -0.25) is 4.79 Å². The molecule has 0 aromatic heterocycles. The Hall–Kier alpha value is -1.89. The van der Waals surface area contributed by atoms with Gasteiger partial charge in [-0.05, 0) is 43.3 Å². The molecule has 0 fully saturated rings. The van der Waals surface area contributed by atoms with Crippen molar-refractivity contribution in [2.24, 2.45) is 0 Å². The van der Waals surface area contributed by atoms with Crippen LogP contribution in [0.5, 0.6) is 0 Å². The van der Waals surface area contributed by atoms with Crippen molar-refractivity contribution in [3.05, 3.63) is 64.7 Å². The molecule has 0 aliphatic carbocycles. The average molecular weight is 353 g/mol. The number of sulfonamides is 1. The number of rotatable bonds is 6. The Kier molecular flexibility index (Phi) is 5.76. The van der Waals surface area contributed by atoms with Crippen LogP contribution in [-0.4, -0.2) is 27.4 Å². The maximum atomic E-state index is 12.1. The Morgan fingerprint density at radius 2 is 1.61 bits per heavy atom. The molecule has 0 saturated carbocycles. The first kappa shape index (κ1) is 17.5. The van der Waals surface area contributed by atoms with Crippen LogP contribution in [0, 0.1) is 6.92 Å². The quantitative estimate of drug-likeness (QED) is 0.784. The lowest BCUT2D eigenvalue weighted by Crippen LogP contribution is -2.34. The minimum absolute atomic E-state index is 0.107. The minimum Gasteiger partial charge on any atom is -0.351 e. The van der Waals surface area contributed by atoms with Crippen LogP contribution in [-0.2, 0) is 10.0 Å². The molecule has 0 bridgehead atoms. The molecule has 0 heterocycles. The predicted molar refractivity (Wildman–Crippen MR) is 90.2 cm³/mol. The second-order valence-electron chi connectivity index (χ2n) is 4.97. The van der Waals surface area contributed by atoms with Crippen molar-refractivity contribution >= 4 is 27.5 Å². The molecule has 0 aliphatic rings. The summed E-state index contributed by atoms with van der Waals surface area (Å²) in [5.41, 5.74) is 1.45. The van der Waals surface area contributed by atoms with E-state index in [-0.39, 0.29) is 23.9 Å². The van der Waals surface area contributed by atoms with Crippen LogP contribution in [0.2, 0.25) is 5.02 Å². The molecule has 0 atom stereocenters. The van der Waals surface area contributed by atoms with E-state index in [1.54, 1.807) is 48.5 Å². The maximum absolute atomic E-state index is 12.1. The molecule has 0 aliphatic heterocycles. The number of hydrogen-bond acceptors (Lipinski definition) is 3. The highest BCUT2D eigenvalue weighted by Gasteiger charge is 2.13. The number of halogens is 1. The molecular weight excluding hydrogens is 336 g/mol. The van der Waals surface area contributed by atoms with Crippen LogP contribution in [0.25, 0.3) is 0 Å². The molecule has 2 rings (SSSR count). The first-order valence-corrected chi connectivity index (χ1v) is 8.85. The highest BCUT2D eigenvalue weighted by atomic mass is 35.5. The van der Waals surface area contributed by atoms with Gasteiger partial charge in [0.1, 0.15) is 0 Å². The number of aryl methyl sites for hydroxylation is 1. The summed E-state index contributed by atoms with van der Waals surface area (Å²) in [5, 5.41) is 3.19. The number of nitrogens with one attached hydrogen (secondary N) is 2. The Morgan fingerprint density at radius 3 is 2.22 bits per heavy atom. The molecular formula is C16H17ClN2O3S. The van der Waals surface area contributed by atoms with Crippen molar-refractivity contribution in [1.29, 1.82) is 0 Å². The van der Waals surface area contributed by atoms with Crippen molar-refractivity contribution in [2.45, 2.75) is 11.8 Å². The number of carbonyl (C=O) groups excluding carboxylic acids is 1. The largest absolute Gasteiger partial charge is 0.351 e. The van der Waals surface area contributed by atoms with Crippen molar-refractivity contribution in [3.63, 3.8) is 0 Å². The summed E-state index contributed by atoms with van der Waals surface area (Å²) in [6, 6.07) is 13.0. The Balaban J connectivity index is 1.83. The molecule has 0 saturated heterocycles. The van der Waals surface area contributed by atoms with Crippen LogP contribution in [0.1, 0.15) is 15.9 Å². The minimum atomic E-state index is -3.56. The van der Waals surface area contributed by atoms with Gasteiger partial charge in [0.25, 0.3) is 5.91 Å². The topological polar surface area (TPSA) is 75.3 Å². The van der Waals surface area contributed by atoms with E-state index >= 15 is 0 Å². The third kappa shape index (κ3) is 5.06. The van der Waals surface area contributed by atoms with Crippen LogP contribution in [0.4, 0.5) is 0 Å². The van der Waals surface area contributed by atoms with Gasteiger partial charge in [0.05, 0.1) is 4.90 Å². The average Bonchev–Trinajstić information content (AvgIpc) is 2.52. The van der Waals surface area contributed by atoms with Gasteiger partial charge in [-0.1, -0.05) is 29.3 Å². The maximum Gasteiger partial charge on any atom is 0.251 e. The molecule has 1 amide bonds. The zero-order valence-electron chi connectivity index (χ0n) is 12.5. The summed E-state index contributed by atoms with van der Waals surface area (Å²) in [6.45, 7) is 2.18. The number of amides is 1. The summed E-state index contributed by atoms with van der Waals surface area (Å²) in [6.07, 6.45) is 0. The molecule has 0 unspecified atom stereocenters. The highest BCUT2D eigenvalue weighted by Crippen LogP contribution is 2.10. The van der Waals surface area contributed by atoms with Crippen LogP contribution >= 0.6 is 11.6 Å². The van der Waals surface area contributed by atoms with E-state index in [0.29, 0.717) is 10.6 Å². The van der Waals surface area contributed by atoms with Gasteiger partial charge in [-0.25, -0.2) is 13.1 Å². The lowest BCUT2D eigenvalue weighted by atomic mass is 10.2. The van der Waals surface area contributed by atoms with E-state index in [9.17, 15) is 13.2 Å². The van der Waals surface area contributed by atoms with Crippen molar-refractivity contribution in [3.8, 4) is 0 Å². The summed E-state index contributed by atoms with van der Waals surface area (Å²) >= 11 is 5.75. The van der Waals surface area contributed by atoms with Gasteiger partial charge < -0.3 is 5.32 Å². The second kappa shape index (κ2) is 7.59. The first-order chi connectivity index (χ1) is 10.9. The summed E-state index contributed by atoms with van der Waals surface area (Å²) in [5.74, 6) is -0.281. The van der Waals surface area contributed by atoms with Crippen molar-refractivity contribution in [2.75, 3.05) is 13.1 Å². The Morgan fingerprint density at radius 1 is 1.00 bits per heavy atom. The summed E-state index contributed by atoms with van der Waals surface area (Å²) < 4.78 is 26.6. The molecule has 5 nitrogen and oxygen atoms in total. The number of hydrogen-bond donors (Lipinski definition) is 2. The Labute approximate surface area is 140 Å². The van der Waals surface area contributed by atoms with Crippen LogP contribution < -0.4 is 10.0 Å². The lowest BCUT2D eigenvalue weighted by Gasteiger charge is -2.08. The highest BCUT2D eigenvalue weighted by molar-refractivity contribution is 7.89. The van der Waals surface area contributed by atoms with Gasteiger partial charge >= 0.3 is 0 Å². The number of carbonyl (C=O) groups is 1. The molecule has 0 spiro atoms. The SMILES string of the molecule is Cc1ccc(S(=O)(=O)NCCNC(=O)c2ccc(Cl)cc2)cc1. The molecule has 0 radical (unpaired) electrons. The molecule has 122 valence electrons. The van der Waals surface area contributed by atoms with Crippen LogP contribution in [0.3, 0.4) is 0 Å². The fourth-order valence-corrected chi connectivity index (χ4v) is 3.02. The zero-order chi connectivity index (χ0) is 16.9. The summed E-state index contributed by atoms with van der Waals surface area (Å²) in [4.78, 5) is 12.1. The van der Waals surface area contributed by atoms with Gasteiger partial charge in [-0.15, -0.1) is 0 Å². The normalized spacial score (nSPS) is 11.2. The van der Waals surface area contributed by atoms with E-state index in [1.165, 1.54) is 0 Å². The van der Waals surface area contributed by atoms with Gasteiger partial charge in [-0.2, -0.15) is 0 Å². The van der Waals surface area contributed by atoms with E-state index in [2.05, 4.69) is 10.0 Å². The molecule has 7 heteroatoms. The summed E-state index contributed by atoms with van der Waals surface area (Å²) in [7, 11) is -3.56. The van der Waals surface area contributed by atoms with Crippen molar-refractivity contribution < 1.29 is 13.2 Å². The monoisotopic (exact) mass is 352 g/mol. The zero-order valence-corrected chi connectivity index (χ0v) is 14.1. The van der Waals surface area contributed by atoms with Gasteiger partial charge in [0.2, 0.25) is 10.0 Å². The fraction of sp³-hybridized carbons (Fsp3) is 0.188. The predicted octanol–water partition coefficient (Wildman–Crippen LogP) is 2.36. The smallest absolute Gasteiger partial charge is 0.251 e. The van der Waals surface area contributed by atoms with E-state index in [4.69, 9.17) is 11.6 Å². The first-order valence-electron chi connectivity index (χ1n) is 6.98. The number of benzene rings is 2. The van der Waals surface area contributed by atoms with Crippen LogP contribution in [0.15, 0.2) is 53.4 Å². The molecule has 2 aromatic carbocycles. The van der Waals surface area contributed by atoms with E-state index in [1.807, 2.05) is 6.92 Å². The Bertz CT molecular complexity index is 772. The standard InChI is InChI=1S/C16H17ClN2O3S/c1-12-2-8-15(9-3-12)23(21,22)19-11-10-18-16(20)13-4-6-14(17)7-5-13/h2-9,19H,10-11H2,1H3,(H,18,20). The van der Waals surface area contributed by atoms with Gasteiger partial charge in [0.15, 0.2) is 0 Å². The molecule has 2 aromatic rings. The van der Waals surface area contributed by atoms with Gasteiger partial charge in [0, 0.05) is 23.7 Å². The van der Waals surface area contributed by atoms with Crippen molar-refractivity contribution in [1.82, 2.24) is 10.0 Å². The van der Waals surface area contributed by atoms with E-state index in [0.717, 1.165) is 5.56 Å². The third-order valence-corrected chi connectivity index (χ3v) is 4.87. The van der Waals surface area contributed by atoms with E-state index < -0.39 is 10.0 Å². The lowest BCUT2D eigenvalue weighted by molar-refractivity contribution is 0.0954. The second-order valence-corrected chi connectivity index (χ2v) is 7.18. The molecule has 2 N–H and O–H groups in total. The molecule has 23 heavy (non-hydrogen) atoms.